The molecule has 0 aromatic heterocycles. The number of rotatable bonds is 5. The van der Waals surface area contributed by atoms with Gasteiger partial charge in [0.05, 0.1) is 17.0 Å². The van der Waals surface area contributed by atoms with Crippen molar-refractivity contribution in [2.75, 3.05) is 6.54 Å². The number of halogens is 3. The zero-order valence-electron chi connectivity index (χ0n) is 12.9. The van der Waals surface area contributed by atoms with E-state index in [-0.39, 0.29) is 16.8 Å². The minimum absolute atomic E-state index is 0.0254. The van der Waals surface area contributed by atoms with E-state index >= 15 is 0 Å². The zero-order chi connectivity index (χ0) is 17.8. The van der Waals surface area contributed by atoms with Gasteiger partial charge in [-0.3, -0.25) is 10.1 Å². The van der Waals surface area contributed by atoms with Crippen molar-refractivity contribution in [3.63, 3.8) is 0 Å². The lowest BCUT2D eigenvalue weighted by Crippen LogP contribution is -2.28. The van der Waals surface area contributed by atoms with Gasteiger partial charge in [-0.05, 0) is 32.9 Å². The van der Waals surface area contributed by atoms with Gasteiger partial charge in [0.1, 0.15) is 5.60 Å². The molecule has 0 bridgehead atoms. The lowest BCUT2D eigenvalue weighted by Gasteiger charge is -2.19. The van der Waals surface area contributed by atoms with Crippen LogP contribution in [0.15, 0.2) is 18.2 Å². The number of carbonyl (C=O) groups excluding carboxylic acids is 1. The molecule has 0 atom stereocenters. The number of nitrogens with one attached hydrogen (secondary N) is 1. The van der Waals surface area contributed by atoms with Gasteiger partial charge >= 0.3 is 12.1 Å². The normalized spacial score (nSPS) is 12.1. The average molecular weight is 334 g/mol. The zero-order valence-corrected chi connectivity index (χ0v) is 12.9. The topological polar surface area (TPSA) is 81.5 Å². The average Bonchev–Trinajstić information content (AvgIpc) is 2.34. The molecule has 0 aliphatic carbocycles. The minimum atomic E-state index is -4.43. The van der Waals surface area contributed by atoms with Gasteiger partial charge in [-0.1, -0.05) is 0 Å². The first-order chi connectivity index (χ1) is 10.4. The van der Waals surface area contributed by atoms with Crippen LogP contribution in [-0.4, -0.2) is 29.2 Å². The van der Waals surface area contributed by atoms with Crippen LogP contribution in [0.2, 0.25) is 0 Å². The van der Waals surface area contributed by atoms with Gasteiger partial charge < -0.3 is 10.1 Å². The predicted molar refractivity (Wildman–Crippen MR) is 76.0 cm³/mol. The number of nitro benzene ring substituents is 1. The Kier molecular flexibility index (Phi) is 5.70. The summed E-state index contributed by atoms with van der Waals surface area (Å²) < 4.78 is 41.5. The van der Waals surface area contributed by atoms with Crippen LogP contribution in [0.1, 0.15) is 36.7 Å². The molecule has 0 unspecified atom stereocenters. The van der Waals surface area contributed by atoms with Crippen molar-refractivity contribution in [3.8, 4) is 0 Å². The summed E-state index contributed by atoms with van der Waals surface area (Å²) in [6, 6.07) is 3.44. The van der Waals surface area contributed by atoms with Gasteiger partial charge in [0.15, 0.2) is 0 Å². The molecule has 0 aliphatic rings. The number of carbonyl (C=O) groups is 1. The van der Waals surface area contributed by atoms with E-state index in [2.05, 4.69) is 5.32 Å². The summed E-state index contributed by atoms with van der Waals surface area (Å²) in [4.78, 5) is 22.1. The van der Waals surface area contributed by atoms with Crippen molar-refractivity contribution in [3.05, 3.63) is 39.4 Å². The molecule has 1 rings (SSSR count). The Labute approximate surface area is 130 Å². The van der Waals surface area contributed by atoms with Crippen molar-refractivity contribution >= 4 is 11.7 Å². The Morgan fingerprint density at radius 2 is 1.91 bits per heavy atom. The number of ether oxygens (including phenoxy) is 1. The maximum atomic E-state index is 12.1. The van der Waals surface area contributed by atoms with Crippen molar-refractivity contribution in [1.82, 2.24) is 5.32 Å². The number of alkyl halides is 3. The largest absolute Gasteiger partial charge is 0.456 e. The molecule has 23 heavy (non-hydrogen) atoms. The quantitative estimate of drug-likeness (QED) is 0.508. The highest BCUT2D eigenvalue weighted by Gasteiger charge is 2.27. The second-order valence-corrected chi connectivity index (χ2v) is 5.82. The van der Waals surface area contributed by atoms with E-state index in [0.29, 0.717) is 0 Å². The first-order valence-electron chi connectivity index (χ1n) is 6.67. The van der Waals surface area contributed by atoms with Crippen LogP contribution in [0.4, 0.5) is 18.9 Å². The Hall–Kier alpha value is -2.16. The highest BCUT2D eigenvalue weighted by atomic mass is 19.4. The molecule has 1 N–H and O–H groups in total. The molecular weight excluding hydrogens is 317 g/mol. The Morgan fingerprint density at radius 3 is 2.39 bits per heavy atom. The highest BCUT2D eigenvalue weighted by Crippen LogP contribution is 2.22. The van der Waals surface area contributed by atoms with Gasteiger partial charge in [-0.15, -0.1) is 0 Å². The third-order valence-corrected chi connectivity index (χ3v) is 2.55. The molecule has 128 valence electrons. The second-order valence-electron chi connectivity index (χ2n) is 5.82. The summed E-state index contributed by atoms with van der Waals surface area (Å²) in [6.45, 7) is 3.28. The number of nitro groups is 1. The van der Waals surface area contributed by atoms with E-state index in [9.17, 15) is 28.1 Å². The SMILES string of the molecule is CC(C)(C)OC(=O)c1ccc([N+](=O)[O-])c(CNCC(F)(F)F)c1. The molecule has 0 amide bonds. The smallest absolute Gasteiger partial charge is 0.401 e. The van der Waals surface area contributed by atoms with Crippen LogP contribution in [0, 0.1) is 10.1 Å². The molecule has 9 heteroatoms. The maximum absolute atomic E-state index is 12.1. The Bertz CT molecular complexity index is 595. The van der Waals surface area contributed by atoms with Gasteiger partial charge in [0, 0.05) is 18.2 Å². The van der Waals surface area contributed by atoms with Gasteiger partial charge in [0.25, 0.3) is 5.69 Å². The van der Waals surface area contributed by atoms with Crippen LogP contribution in [0.25, 0.3) is 0 Å². The Morgan fingerprint density at radius 1 is 1.30 bits per heavy atom. The highest BCUT2D eigenvalue weighted by molar-refractivity contribution is 5.90. The number of hydrogen-bond donors (Lipinski definition) is 1. The summed E-state index contributed by atoms with van der Waals surface area (Å²) in [5.41, 5.74) is -1.11. The van der Waals surface area contributed by atoms with Crippen LogP contribution in [0.5, 0.6) is 0 Å². The molecule has 0 saturated carbocycles. The minimum Gasteiger partial charge on any atom is -0.456 e. The molecule has 1 aromatic carbocycles. The fraction of sp³-hybridized carbons (Fsp3) is 0.500. The molecule has 0 radical (unpaired) electrons. The van der Waals surface area contributed by atoms with Crippen LogP contribution < -0.4 is 5.32 Å². The van der Waals surface area contributed by atoms with Crippen LogP contribution >= 0.6 is 0 Å². The van der Waals surface area contributed by atoms with E-state index in [0.717, 1.165) is 12.1 Å². The Balaban J connectivity index is 2.98. The van der Waals surface area contributed by atoms with Gasteiger partial charge in [0.2, 0.25) is 0 Å². The summed E-state index contributed by atoms with van der Waals surface area (Å²) in [6.07, 6.45) is -4.43. The molecular formula is C14H17F3N2O4. The van der Waals surface area contributed by atoms with Crippen molar-refractivity contribution in [1.29, 1.82) is 0 Å². The molecule has 1 aromatic rings. The number of benzene rings is 1. The standard InChI is InChI=1S/C14H17F3N2O4/c1-13(2,3)23-12(20)9-4-5-11(19(21)22)10(6-9)7-18-8-14(15,16)17/h4-6,18H,7-8H2,1-3H3. The molecule has 0 heterocycles. The third kappa shape index (κ3) is 6.64. The van der Waals surface area contributed by atoms with Crippen molar-refractivity contribution < 1.29 is 27.6 Å². The number of hydrogen-bond acceptors (Lipinski definition) is 5. The monoisotopic (exact) mass is 334 g/mol. The first kappa shape index (κ1) is 18.9. The summed E-state index contributed by atoms with van der Waals surface area (Å²) in [5, 5.41) is 13.0. The van der Waals surface area contributed by atoms with E-state index < -0.39 is 35.8 Å². The fourth-order valence-corrected chi connectivity index (χ4v) is 1.71. The lowest BCUT2D eigenvalue weighted by molar-refractivity contribution is -0.385. The summed E-state index contributed by atoms with van der Waals surface area (Å²) in [7, 11) is 0. The molecule has 0 spiro atoms. The summed E-state index contributed by atoms with van der Waals surface area (Å²) in [5.74, 6) is -0.704. The van der Waals surface area contributed by atoms with E-state index in [1.165, 1.54) is 6.07 Å². The van der Waals surface area contributed by atoms with Crippen molar-refractivity contribution in [2.45, 2.75) is 39.1 Å². The fourth-order valence-electron chi connectivity index (χ4n) is 1.71. The van der Waals surface area contributed by atoms with E-state index in [1.807, 2.05) is 0 Å². The summed E-state index contributed by atoms with van der Waals surface area (Å²) >= 11 is 0. The molecule has 0 saturated heterocycles. The van der Waals surface area contributed by atoms with Gasteiger partial charge in [-0.25, -0.2) is 4.79 Å². The number of nitrogens with zero attached hydrogens (tertiary/aromatic N) is 1. The third-order valence-electron chi connectivity index (χ3n) is 2.55. The van der Waals surface area contributed by atoms with Gasteiger partial charge in [-0.2, -0.15) is 13.2 Å². The first-order valence-corrected chi connectivity index (χ1v) is 6.67. The molecule has 6 nitrogen and oxygen atoms in total. The predicted octanol–water partition coefficient (Wildman–Crippen LogP) is 3.20. The lowest BCUT2D eigenvalue weighted by atomic mass is 10.1. The van der Waals surface area contributed by atoms with Crippen molar-refractivity contribution in [2.24, 2.45) is 0 Å². The molecule has 0 aliphatic heterocycles. The van der Waals surface area contributed by atoms with Crippen LogP contribution in [0.3, 0.4) is 0 Å². The second kappa shape index (κ2) is 6.95. The number of esters is 1. The van der Waals surface area contributed by atoms with E-state index in [4.69, 9.17) is 4.74 Å². The van der Waals surface area contributed by atoms with E-state index in [1.54, 1.807) is 20.8 Å². The maximum Gasteiger partial charge on any atom is 0.401 e. The van der Waals surface area contributed by atoms with Crippen LogP contribution in [-0.2, 0) is 11.3 Å². The molecule has 0 fully saturated rings.